The predicted molar refractivity (Wildman–Crippen MR) is 104 cm³/mol. The van der Waals surface area contributed by atoms with Crippen molar-refractivity contribution in [3.63, 3.8) is 0 Å². The van der Waals surface area contributed by atoms with Gasteiger partial charge < -0.3 is 14.4 Å². The molecule has 4 rings (SSSR count). The highest BCUT2D eigenvalue weighted by atomic mass is 16.6. The molecule has 0 bridgehead atoms. The molecular formula is C21H22N4O4. The van der Waals surface area contributed by atoms with Crippen LogP contribution in [0.5, 0.6) is 11.5 Å². The van der Waals surface area contributed by atoms with Gasteiger partial charge in [0.05, 0.1) is 11.7 Å². The lowest BCUT2D eigenvalue weighted by atomic mass is 10.0. The standard InChI is InChI=1S/C21H22N4O4/c1-13-14(2)23-25(21(27)16(13)11-22)12-20(26)24-7-3-4-17(24)15-5-6-18-19(10-15)29-9-8-28-18/h5-6,10,17H,3-4,7-9,12H2,1-2H3. The maximum Gasteiger partial charge on any atom is 0.285 e. The smallest absolute Gasteiger partial charge is 0.285 e. The van der Waals surface area contributed by atoms with E-state index in [9.17, 15) is 14.9 Å². The van der Waals surface area contributed by atoms with E-state index in [1.165, 1.54) is 0 Å². The Morgan fingerprint density at radius 3 is 2.79 bits per heavy atom. The van der Waals surface area contributed by atoms with Crippen molar-refractivity contribution in [3.05, 3.63) is 50.9 Å². The number of carbonyl (C=O) groups is 1. The lowest BCUT2D eigenvalue weighted by Crippen LogP contribution is -2.38. The van der Waals surface area contributed by atoms with Gasteiger partial charge in [0.25, 0.3) is 5.56 Å². The number of likely N-dealkylation sites (tertiary alicyclic amines) is 1. The van der Waals surface area contributed by atoms with Crippen LogP contribution in [-0.2, 0) is 11.3 Å². The van der Waals surface area contributed by atoms with Gasteiger partial charge in [0.1, 0.15) is 31.4 Å². The molecule has 1 amide bonds. The maximum atomic E-state index is 13.0. The van der Waals surface area contributed by atoms with Crippen molar-refractivity contribution in [2.75, 3.05) is 19.8 Å². The highest BCUT2D eigenvalue weighted by Crippen LogP contribution is 2.38. The fraction of sp³-hybridized carbons (Fsp3) is 0.429. The molecule has 0 N–H and O–H groups in total. The number of nitrogens with zero attached hydrogens (tertiary/aromatic N) is 4. The van der Waals surface area contributed by atoms with E-state index in [-0.39, 0.29) is 24.1 Å². The second-order valence-corrected chi connectivity index (χ2v) is 7.31. The number of amides is 1. The third-order valence-corrected chi connectivity index (χ3v) is 5.56. The van der Waals surface area contributed by atoms with Crippen LogP contribution in [0.25, 0.3) is 0 Å². The summed E-state index contributed by atoms with van der Waals surface area (Å²) in [5, 5.41) is 13.5. The summed E-state index contributed by atoms with van der Waals surface area (Å²) in [6.45, 7) is 4.88. The number of ether oxygens (including phenoxy) is 2. The van der Waals surface area contributed by atoms with Crippen molar-refractivity contribution in [2.45, 2.75) is 39.3 Å². The van der Waals surface area contributed by atoms with E-state index >= 15 is 0 Å². The number of hydrogen-bond donors (Lipinski definition) is 0. The Bertz CT molecular complexity index is 1070. The molecule has 1 aromatic carbocycles. The molecule has 1 saturated heterocycles. The van der Waals surface area contributed by atoms with Crippen LogP contribution in [0.4, 0.5) is 0 Å². The SMILES string of the molecule is Cc1nn(CC(=O)N2CCCC2c2ccc3c(c2)OCCO3)c(=O)c(C#N)c1C. The molecule has 1 atom stereocenters. The minimum absolute atomic E-state index is 0.0371. The van der Waals surface area contributed by atoms with Crippen LogP contribution in [0, 0.1) is 25.2 Å². The summed E-state index contributed by atoms with van der Waals surface area (Å²) < 4.78 is 12.3. The predicted octanol–water partition coefficient (Wildman–Crippen LogP) is 1.87. The van der Waals surface area contributed by atoms with Crippen LogP contribution >= 0.6 is 0 Å². The van der Waals surface area contributed by atoms with Crippen molar-refractivity contribution >= 4 is 5.91 Å². The quantitative estimate of drug-likeness (QED) is 0.788. The third-order valence-electron chi connectivity index (χ3n) is 5.56. The van der Waals surface area contributed by atoms with Crippen molar-refractivity contribution in [3.8, 4) is 17.6 Å². The first-order valence-electron chi connectivity index (χ1n) is 9.67. The Balaban J connectivity index is 1.59. The highest BCUT2D eigenvalue weighted by Gasteiger charge is 2.31. The number of hydrogen-bond acceptors (Lipinski definition) is 6. The Morgan fingerprint density at radius 2 is 2.03 bits per heavy atom. The molecule has 1 unspecified atom stereocenters. The Kier molecular flexibility index (Phi) is 4.97. The Morgan fingerprint density at radius 1 is 1.28 bits per heavy atom. The van der Waals surface area contributed by atoms with Gasteiger partial charge in [-0.05, 0) is 49.9 Å². The molecule has 8 nitrogen and oxygen atoms in total. The van der Waals surface area contributed by atoms with Crippen LogP contribution in [0.2, 0.25) is 0 Å². The largest absolute Gasteiger partial charge is 0.486 e. The number of aromatic nitrogens is 2. The van der Waals surface area contributed by atoms with Gasteiger partial charge in [-0.15, -0.1) is 0 Å². The van der Waals surface area contributed by atoms with Gasteiger partial charge in [-0.25, -0.2) is 4.68 Å². The van der Waals surface area contributed by atoms with Crippen LogP contribution in [0.15, 0.2) is 23.0 Å². The first-order chi connectivity index (χ1) is 14.0. The second-order valence-electron chi connectivity index (χ2n) is 7.31. The first-order valence-corrected chi connectivity index (χ1v) is 9.67. The summed E-state index contributed by atoms with van der Waals surface area (Å²) >= 11 is 0. The van der Waals surface area contributed by atoms with E-state index < -0.39 is 5.56 Å². The number of carbonyl (C=O) groups excluding carboxylic acids is 1. The minimum atomic E-state index is -0.529. The second kappa shape index (κ2) is 7.59. The summed E-state index contributed by atoms with van der Waals surface area (Å²) in [4.78, 5) is 27.3. The van der Waals surface area contributed by atoms with Gasteiger partial charge in [-0.3, -0.25) is 9.59 Å². The monoisotopic (exact) mass is 394 g/mol. The normalized spacial score (nSPS) is 17.8. The van der Waals surface area contributed by atoms with Gasteiger partial charge in [0, 0.05) is 6.54 Å². The molecule has 150 valence electrons. The molecule has 1 aromatic heterocycles. The number of fused-ring (bicyclic) bond motifs is 1. The average Bonchev–Trinajstić information content (AvgIpc) is 3.22. The van der Waals surface area contributed by atoms with E-state index in [1.807, 2.05) is 24.3 Å². The lowest BCUT2D eigenvalue weighted by molar-refractivity contribution is -0.133. The van der Waals surface area contributed by atoms with Crippen molar-refractivity contribution in [1.29, 1.82) is 5.26 Å². The van der Waals surface area contributed by atoms with Crippen molar-refractivity contribution in [1.82, 2.24) is 14.7 Å². The molecule has 1 fully saturated rings. The number of nitriles is 1. The zero-order valence-electron chi connectivity index (χ0n) is 16.5. The molecule has 0 aliphatic carbocycles. The van der Waals surface area contributed by atoms with Crippen molar-refractivity contribution in [2.24, 2.45) is 0 Å². The Hall–Kier alpha value is -3.34. The zero-order valence-corrected chi connectivity index (χ0v) is 16.5. The summed E-state index contributed by atoms with van der Waals surface area (Å²) in [6, 6.07) is 7.60. The average molecular weight is 394 g/mol. The summed E-state index contributed by atoms with van der Waals surface area (Å²) in [7, 11) is 0. The summed E-state index contributed by atoms with van der Waals surface area (Å²) in [5.41, 5.74) is 1.61. The molecular weight excluding hydrogens is 372 g/mol. The molecule has 2 aliphatic heterocycles. The molecule has 2 aromatic rings. The van der Waals surface area contributed by atoms with E-state index in [2.05, 4.69) is 5.10 Å². The fourth-order valence-corrected chi connectivity index (χ4v) is 3.91. The van der Waals surface area contributed by atoms with Crippen LogP contribution in [0.1, 0.15) is 41.3 Å². The van der Waals surface area contributed by atoms with E-state index in [0.717, 1.165) is 23.1 Å². The zero-order chi connectivity index (χ0) is 20.5. The topological polar surface area (TPSA) is 97.4 Å². The fourth-order valence-electron chi connectivity index (χ4n) is 3.91. The molecule has 0 spiro atoms. The number of aryl methyl sites for hydroxylation is 1. The minimum Gasteiger partial charge on any atom is -0.486 e. The Labute approximate surface area is 168 Å². The van der Waals surface area contributed by atoms with E-state index in [0.29, 0.717) is 42.5 Å². The highest BCUT2D eigenvalue weighted by molar-refractivity contribution is 5.77. The summed E-state index contributed by atoms with van der Waals surface area (Å²) in [6.07, 6.45) is 1.72. The molecule has 3 heterocycles. The molecule has 2 aliphatic rings. The number of benzene rings is 1. The molecule has 8 heteroatoms. The maximum absolute atomic E-state index is 13.0. The first kappa shape index (κ1) is 19.0. The van der Waals surface area contributed by atoms with Gasteiger partial charge >= 0.3 is 0 Å². The van der Waals surface area contributed by atoms with Crippen LogP contribution in [-0.4, -0.2) is 40.3 Å². The van der Waals surface area contributed by atoms with Gasteiger partial charge in [-0.1, -0.05) is 6.07 Å². The van der Waals surface area contributed by atoms with Gasteiger partial charge in [0.2, 0.25) is 5.91 Å². The molecule has 0 radical (unpaired) electrons. The lowest BCUT2D eigenvalue weighted by Gasteiger charge is -2.27. The molecule has 29 heavy (non-hydrogen) atoms. The number of rotatable bonds is 3. The van der Waals surface area contributed by atoms with Gasteiger partial charge in [0.15, 0.2) is 11.5 Å². The van der Waals surface area contributed by atoms with Crippen LogP contribution < -0.4 is 15.0 Å². The van der Waals surface area contributed by atoms with Crippen LogP contribution in [0.3, 0.4) is 0 Å². The summed E-state index contributed by atoms with van der Waals surface area (Å²) in [5.74, 6) is 1.22. The molecule has 0 saturated carbocycles. The third kappa shape index (κ3) is 3.44. The van der Waals surface area contributed by atoms with E-state index in [4.69, 9.17) is 9.47 Å². The van der Waals surface area contributed by atoms with Crippen molar-refractivity contribution < 1.29 is 14.3 Å². The van der Waals surface area contributed by atoms with E-state index in [1.54, 1.807) is 18.7 Å². The van der Waals surface area contributed by atoms with Gasteiger partial charge in [-0.2, -0.15) is 10.4 Å².